The monoisotopic (exact) mass is 274 g/mol. The molecule has 1 aliphatic rings. The Balaban J connectivity index is 1.99. The molecular formula is C17H26N2O. The van der Waals surface area contributed by atoms with Crippen molar-refractivity contribution in [2.24, 2.45) is 5.41 Å². The summed E-state index contributed by atoms with van der Waals surface area (Å²) in [6.07, 6.45) is 4.56. The molecule has 2 N–H and O–H groups in total. The maximum atomic E-state index is 12.4. The Morgan fingerprint density at radius 3 is 2.45 bits per heavy atom. The fraction of sp³-hybridized carbons (Fsp3) is 0.588. The van der Waals surface area contributed by atoms with Crippen LogP contribution < -0.4 is 10.6 Å². The molecule has 0 radical (unpaired) electrons. The normalized spacial score (nSPS) is 18.6. The fourth-order valence-corrected chi connectivity index (χ4v) is 2.88. The molecule has 1 amide bonds. The van der Waals surface area contributed by atoms with E-state index in [2.05, 4.69) is 24.5 Å². The van der Waals surface area contributed by atoms with Crippen molar-refractivity contribution in [1.29, 1.82) is 0 Å². The van der Waals surface area contributed by atoms with Gasteiger partial charge in [-0.05, 0) is 61.8 Å². The van der Waals surface area contributed by atoms with Gasteiger partial charge in [-0.15, -0.1) is 0 Å². The molecule has 1 fully saturated rings. The van der Waals surface area contributed by atoms with Crippen LogP contribution in [0.5, 0.6) is 0 Å². The van der Waals surface area contributed by atoms with Gasteiger partial charge in [-0.3, -0.25) is 4.79 Å². The molecule has 0 aliphatic heterocycles. The average Bonchev–Trinajstić information content (AvgIpc) is 2.40. The molecule has 0 spiro atoms. The number of rotatable bonds is 3. The highest BCUT2D eigenvalue weighted by Crippen LogP contribution is 2.35. The van der Waals surface area contributed by atoms with E-state index >= 15 is 0 Å². The molecule has 0 bridgehead atoms. The van der Waals surface area contributed by atoms with E-state index in [9.17, 15) is 4.79 Å². The summed E-state index contributed by atoms with van der Waals surface area (Å²) in [5.74, 6) is 0.0647. The van der Waals surface area contributed by atoms with Crippen molar-refractivity contribution in [1.82, 2.24) is 5.32 Å². The summed E-state index contributed by atoms with van der Waals surface area (Å²) in [4.78, 5) is 12.4. The Morgan fingerprint density at radius 2 is 1.90 bits per heavy atom. The summed E-state index contributed by atoms with van der Waals surface area (Å²) in [7, 11) is 1.89. The van der Waals surface area contributed by atoms with Gasteiger partial charge in [0.2, 0.25) is 0 Å². The summed E-state index contributed by atoms with van der Waals surface area (Å²) in [6.45, 7) is 6.61. The van der Waals surface area contributed by atoms with E-state index < -0.39 is 0 Å². The summed E-state index contributed by atoms with van der Waals surface area (Å²) in [5, 5.41) is 6.28. The van der Waals surface area contributed by atoms with Gasteiger partial charge < -0.3 is 10.6 Å². The molecule has 0 unspecified atom stereocenters. The number of carbonyl (C=O) groups excluding carboxylic acids is 1. The molecular weight excluding hydrogens is 248 g/mol. The molecule has 3 nitrogen and oxygen atoms in total. The first kappa shape index (κ1) is 14.9. The predicted molar refractivity (Wildman–Crippen MR) is 84.2 cm³/mol. The minimum atomic E-state index is 0.0647. The van der Waals surface area contributed by atoms with E-state index in [0.29, 0.717) is 11.5 Å². The number of amides is 1. The van der Waals surface area contributed by atoms with Crippen LogP contribution in [0.1, 0.15) is 55.5 Å². The third-order valence-electron chi connectivity index (χ3n) is 4.43. The van der Waals surface area contributed by atoms with Crippen molar-refractivity contribution in [3.05, 3.63) is 29.3 Å². The van der Waals surface area contributed by atoms with Crippen LogP contribution in [0.15, 0.2) is 18.2 Å². The second kappa shape index (κ2) is 5.86. The zero-order chi connectivity index (χ0) is 14.8. The highest BCUT2D eigenvalue weighted by molar-refractivity contribution is 5.96. The maximum absolute atomic E-state index is 12.4. The first-order valence-electron chi connectivity index (χ1n) is 7.50. The van der Waals surface area contributed by atoms with Gasteiger partial charge in [0.25, 0.3) is 5.91 Å². The molecule has 1 aromatic carbocycles. The Morgan fingerprint density at radius 1 is 1.25 bits per heavy atom. The van der Waals surface area contributed by atoms with Gasteiger partial charge in [0, 0.05) is 24.3 Å². The van der Waals surface area contributed by atoms with Gasteiger partial charge in [0.1, 0.15) is 0 Å². The van der Waals surface area contributed by atoms with Crippen LogP contribution in [0.2, 0.25) is 0 Å². The number of benzene rings is 1. The topological polar surface area (TPSA) is 41.1 Å². The highest BCUT2D eigenvalue weighted by atomic mass is 16.1. The zero-order valence-corrected chi connectivity index (χ0v) is 13.0. The lowest BCUT2D eigenvalue weighted by atomic mass is 9.75. The lowest BCUT2D eigenvalue weighted by Crippen LogP contribution is -2.39. The molecule has 0 aromatic heterocycles. The minimum Gasteiger partial charge on any atom is -0.388 e. The molecule has 20 heavy (non-hydrogen) atoms. The third-order valence-corrected chi connectivity index (χ3v) is 4.43. The van der Waals surface area contributed by atoms with Crippen molar-refractivity contribution in [2.45, 2.75) is 52.5 Å². The molecule has 1 aromatic rings. The smallest absolute Gasteiger partial charge is 0.251 e. The fourth-order valence-electron chi connectivity index (χ4n) is 2.88. The lowest BCUT2D eigenvalue weighted by molar-refractivity contribution is 0.0908. The quantitative estimate of drug-likeness (QED) is 0.881. The maximum Gasteiger partial charge on any atom is 0.251 e. The van der Waals surface area contributed by atoms with E-state index in [1.807, 2.05) is 32.2 Å². The number of hydrogen-bond donors (Lipinski definition) is 2. The number of carbonyl (C=O) groups is 1. The van der Waals surface area contributed by atoms with Crippen molar-refractivity contribution in [2.75, 3.05) is 12.4 Å². The molecule has 1 aliphatic carbocycles. The number of anilines is 1. The van der Waals surface area contributed by atoms with Gasteiger partial charge in [0.05, 0.1) is 0 Å². The Labute approximate surface area is 122 Å². The molecule has 0 heterocycles. The average molecular weight is 274 g/mol. The van der Waals surface area contributed by atoms with Gasteiger partial charge in [-0.1, -0.05) is 13.8 Å². The van der Waals surface area contributed by atoms with Gasteiger partial charge in [0.15, 0.2) is 0 Å². The van der Waals surface area contributed by atoms with Crippen molar-refractivity contribution in [3.63, 3.8) is 0 Å². The van der Waals surface area contributed by atoms with Crippen molar-refractivity contribution < 1.29 is 4.79 Å². The summed E-state index contributed by atoms with van der Waals surface area (Å²) in [5.41, 5.74) is 3.28. The summed E-state index contributed by atoms with van der Waals surface area (Å²) >= 11 is 0. The SMILES string of the molecule is CNc1ccc(C(=O)NC2CCC(C)(C)CC2)c(C)c1. The first-order valence-corrected chi connectivity index (χ1v) is 7.50. The second-order valence-corrected chi connectivity index (χ2v) is 6.69. The van der Waals surface area contributed by atoms with Crippen LogP contribution in [0.3, 0.4) is 0 Å². The predicted octanol–water partition coefficient (Wildman–Crippen LogP) is 3.74. The van der Waals surface area contributed by atoms with Crippen LogP contribution >= 0.6 is 0 Å². The van der Waals surface area contributed by atoms with Crippen LogP contribution in [0.4, 0.5) is 5.69 Å². The molecule has 0 saturated heterocycles. The molecule has 2 rings (SSSR count). The number of aryl methyl sites for hydroxylation is 1. The van der Waals surface area contributed by atoms with Crippen molar-refractivity contribution in [3.8, 4) is 0 Å². The lowest BCUT2D eigenvalue weighted by Gasteiger charge is -2.34. The Hall–Kier alpha value is -1.51. The second-order valence-electron chi connectivity index (χ2n) is 6.69. The number of nitrogens with one attached hydrogen (secondary N) is 2. The molecule has 3 heteroatoms. The third kappa shape index (κ3) is 3.53. The largest absolute Gasteiger partial charge is 0.388 e. The molecule has 110 valence electrons. The standard InChI is InChI=1S/C17H26N2O/c1-12-11-14(18-4)5-6-15(12)16(20)19-13-7-9-17(2,3)10-8-13/h5-6,11,13,18H,7-10H2,1-4H3,(H,19,20). The molecule has 0 atom stereocenters. The Kier molecular flexibility index (Phi) is 4.36. The van der Waals surface area contributed by atoms with Gasteiger partial charge >= 0.3 is 0 Å². The summed E-state index contributed by atoms with van der Waals surface area (Å²) < 4.78 is 0. The van der Waals surface area contributed by atoms with Crippen molar-refractivity contribution >= 4 is 11.6 Å². The van der Waals surface area contributed by atoms with Crippen LogP contribution in [-0.2, 0) is 0 Å². The van der Waals surface area contributed by atoms with Gasteiger partial charge in [-0.25, -0.2) is 0 Å². The van der Waals surface area contributed by atoms with Crippen LogP contribution in [0, 0.1) is 12.3 Å². The van der Waals surface area contributed by atoms with E-state index in [0.717, 1.165) is 29.7 Å². The van der Waals surface area contributed by atoms with E-state index in [1.165, 1.54) is 12.8 Å². The van der Waals surface area contributed by atoms with Crippen LogP contribution in [0.25, 0.3) is 0 Å². The molecule has 1 saturated carbocycles. The van der Waals surface area contributed by atoms with Crippen LogP contribution in [-0.4, -0.2) is 19.0 Å². The minimum absolute atomic E-state index is 0.0647. The zero-order valence-electron chi connectivity index (χ0n) is 13.0. The van der Waals surface area contributed by atoms with Gasteiger partial charge in [-0.2, -0.15) is 0 Å². The van der Waals surface area contributed by atoms with E-state index in [4.69, 9.17) is 0 Å². The highest BCUT2D eigenvalue weighted by Gasteiger charge is 2.27. The first-order chi connectivity index (χ1) is 9.41. The van der Waals surface area contributed by atoms with E-state index in [1.54, 1.807) is 0 Å². The summed E-state index contributed by atoms with van der Waals surface area (Å²) in [6, 6.07) is 6.20. The van der Waals surface area contributed by atoms with E-state index in [-0.39, 0.29) is 5.91 Å². The Bertz CT molecular complexity index is 484. The number of hydrogen-bond acceptors (Lipinski definition) is 2.